The Balaban J connectivity index is 1.44. The van der Waals surface area contributed by atoms with Crippen LogP contribution in [0.15, 0.2) is 59.4 Å². The van der Waals surface area contributed by atoms with Crippen LogP contribution in [0.25, 0.3) is 22.4 Å². The van der Waals surface area contributed by atoms with Crippen LogP contribution in [0.3, 0.4) is 0 Å². The number of hydrogen-bond donors (Lipinski definition) is 1. The summed E-state index contributed by atoms with van der Waals surface area (Å²) in [5.74, 6) is -0.589. The molecule has 8 nitrogen and oxygen atoms in total. The summed E-state index contributed by atoms with van der Waals surface area (Å²) < 4.78 is 24.4. The van der Waals surface area contributed by atoms with Crippen LogP contribution in [-0.2, 0) is 11.3 Å². The van der Waals surface area contributed by atoms with Gasteiger partial charge in [0.25, 0.3) is 11.6 Å². The molecule has 158 valence electrons. The normalized spacial score (nSPS) is 10.8. The molecule has 1 amide bonds. The van der Waals surface area contributed by atoms with Crippen LogP contribution in [0.2, 0.25) is 0 Å². The molecule has 0 fully saturated rings. The van der Waals surface area contributed by atoms with Gasteiger partial charge < -0.3 is 19.5 Å². The number of rotatable bonds is 7. The van der Waals surface area contributed by atoms with E-state index < -0.39 is 5.82 Å². The fourth-order valence-corrected chi connectivity index (χ4v) is 3.00. The van der Waals surface area contributed by atoms with Crippen molar-refractivity contribution in [1.29, 1.82) is 0 Å². The number of hydrogen-bond acceptors (Lipinski definition) is 7. The van der Waals surface area contributed by atoms with Crippen molar-refractivity contribution < 1.29 is 18.4 Å². The van der Waals surface area contributed by atoms with Crippen LogP contribution in [-0.4, -0.2) is 41.7 Å². The van der Waals surface area contributed by atoms with Gasteiger partial charge in [0.2, 0.25) is 5.88 Å². The topological polar surface area (TPSA) is 93.4 Å². The van der Waals surface area contributed by atoms with Gasteiger partial charge >= 0.3 is 0 Å². The van der Waals surface area contributed by atoms with Gasteiger partial charge in [-0.25, -0.2) is 9.37 Å². The molecule has 31 heavy (non-hydrogen) atoms. The molecule has 1 N–H and O–H groups in total. The van der Waals surface area contributed by atoms with Crippen molar-refractivity contribution in [2.24, 2.45) is 0 Å². The van der Waals surface area contributed by atoms with Gasteiger partial charge in [-0.1, -0.05) is 29.4 Å². The Morgan fingerprint density at radius 2 is 1.97 bits per heavy atom. The first-order valence-corrected chi connectivity index (χ1v) is 9.53. The van der Waals surface area contributed by atoms with E-state index >= 15 is 0 Å². The molecule has 4 aromatic rings. The van der Waals surface area contributed by atoms with Gasteiger partial charge in [0.05, 0.1) is 0 Å². The largest absolute Gasteiger partial charge is 0.467 e. The molecule has 2 aromatic heterocycles. The third-order valence-electron chi connectivity index (χ3n) is 4.62. The van der Waals surface area contributed by atoms with Crippen LogP contribution in [0.5, 0.6) is 5.88 Å². The number of nitrogens with one attached hydrogen (secondary N) is 1. The van der Waals surface area contributed by atoms with E-state index in [1.54, 1.807) is 12.1 Å². The number of anilines is 1. The van der Waals surface area contributed by atoms with Gasteiger partial charge in [-0.2, -0.15) is 4.98 Å². The fraction of sp³-hybridized carbons (Fsp3) is 0.182. The molecule has 2 aromatic carbocycles. The van der Waals surface area contributed by atoms with E-state index in [1.165, 1.54) is 18.5 Å². The lowest BCUT2D eigenvalue weighted by Crippen LogP contribution is -2.28. The standard InChI is InChI=1S/C22H20FN5O3/c1-28(2)17-8-6-14(7-9-17)11-24-18(29)12-30-21-19-20(15-4-3-5-16(23)10-15)27-31-22(19)26-13-25-21/h3-10,13H,11-12H2,1-2H3,(H,24,29). The summed E-state index contributed by atoms with van der Waals surface area (Å²) in [6.45, 7) is 0.118. The molecular weight excluding hydrogens is 401 g/mol. The quantitative estimate of drug-likeness (QED) is 0.490. The summed E-state index contributed by atoms with van der Waals surface area (Å²) in [6, 6.07) is 13.8. The highest BCUT2D eigenvalue weighted by molar-refractivity contribution is 5.93. The molecule has 0 bridgehead atoms. The Bertz CT molecular complexity index is 1210. The van der Waals surface area contributed by atoms with Crippen molar-refractivity contribution in [2.45, 2.75) is 6.54 Å². The molecule has 0 saturated carbocycles. The molecule has 0 unspecified atom stereocenters. The van der Waals surface area contributed by atoms with Crippen LogP contribution in [0, 0.1) is 5.82 Å². The van der Waals surface area contributed by atoms with E-state index in [2.05, 4.69) is 20.4 Å². The highest BCUT2D eigenvalue weighted by Crippen LogP contribution is 2.32. The lowest BCUT2D eigenvalue weighted by molar-refractivity contribution is -0.123. The van der Waals surface area contributed by atoms with Crippen molar-refractivity contribution in [3.8, 4) is 17.1 Å². The van der Waals surface area contributed by atoms with E-state index in [0.29, 0.717) is 23.2 Å². The Hall–Kier alpha value is -4.01. The third kappa shape index (κ3) is 4.61. The number of carbonyl (C=O) groups is 1. The number of benzene rings is 2. The number of nitrogens with zero attached hydrogens (tertiary/aromatic N) is 4. The SMILES string of the molecule is CN(C)c1ccc(CNC(=O)COc2ncnc3onc(-c4cccc(F)c4)c23)cc1. The second kappa shape index (κ2) is 8.78. The van der Waals surface area contributed by atoms with Crippen molar-refractivity contribution in [1.82, 2.24) is 20.4 Å². The lowest BCUT2D eigenvalue weighted by atomic mass is 10.1. The van der Waals surface area contributed by atoms with Crippen molar-refractivity contribution in [3.05, 3.63) is 66.2 Å². The van der Waals surface area contributed by atoms with Gasteiger partial charge in [0.1, 0.15) is 23.2 Å². The Kier molecular flexibility index (Phi) is 5.74. The van der Waals surface area contributed by atoms with Gasteiger partial charge in [0, 0.05) is 31.9 Å². The van der Waals surface area contributed by atoms with Crippen LogP contribution in [0.4, 0.5) is 10.1 Å². The average molecular weight is 421 g/mol. The molecule has 9 heteroatoms. The fourth-order valence-electron chi connectivity index (χ4n) is 3.00. The minimum Gasteiger partial charge on any atom is -0.467 e. The maximum absolute atomic E-state index is 13.6. The van der Waals surface area contributed by atoms with Crippen LogP contribution in [0.1, 0.15) is 5.56 Å². The van der Waals surface area contributed by atoms with Crippen molar-refractivity contribution in [2.75, 3.05) is 25.6 Å². The van der Waals surface area contributed by atoms with Crippen LogP contribution < -0.4 is 15.0 Å². The minimum atomic E-state index is -0.411. The molecule has 4 rings (SSSR count). The lowest BCUT2D eigenvalue weighted by Gasteiger charge is -2.13. The zero-order valence-electron chi connectivity index (χ0n) is 17.0. The molecule has 0 aliphatic carbocycles. The van der Waals surface area contributed by atoms with E-state index in [4.69, 9.17) is 9.26 Å². The summed E-state index contributed by atoms with van der Waals surface area (Å²) in [5, 5.41) is 7.14. The molecule has 2 heterocycles. The predicted octanol–water partition coefficient (Wildman–Crippen LogP) is 3.19. The van der Waals surface area contributed by atoms with Crippen molar-refractivity contribution in [3.63, 3.8) is 0 Å². The maximum Gasteiger partial charge on any atom is 0.265 e. The van der Waals surface area contributed by atoms with E-state index in [9.17, 15) is 9.18 Å². The van der Waals surface area contributed by atoms with Crippen LogP contribution >= 0.6 is 0 Å². The highest BCUT2D eigenvalue weighted by atomic mass is 19.1. The second-order valence-electron chi connectivity index (χ2n) is 7.03. The zero-order chi connectivity index (χ0) is 21.8. The van der Waals surface area contributed by atoms with Gasteiger partial charge in [-0.15, -0.1) is 0 Å². The number of fused-ring (bicyclic) bond motifs is 1. The number of amides is 1. The Morgan fingerprint density at radius 1 is 1.16 bits per heavy atom. The molecular formula is C22H20FN5O3. The maximum atomic E-state index is 13.6. The molecule has 0 saturated heterocycles. The Morgan fingerprint density at radius 3 is 2.71 bits per heavy atom. The number of aromatic nitrogens is 3. The van der Waals surface area contributed by atoms with Crippen molar-refractivity contribution >= 4 is 22.7 Å². The second-order valence-corrected chi connectivity index (χ2v) is 7.03. The first-order valence-electron chi connectivity index (χ1n) is 9.53. The number of ether oxygens (including phenoxy) is 1. The summed E-state index contributed by atoms with van der Waals surface area (Å²) >= 11 is 0. The first kappa shape index (κ1) is 20.3. The van der Waals surface area contributed by atoms with E-state index in [-0.39, 0.29) is 24.1 Å². The number of halogens is 1. The smallest absolute Gasteiger partial charge is 0.265 e. The monoisotopic (exact) mass is 421 g/mol. The summed E-state index contributed by atoms with van der Waals surface area (Å²) in [7, 11) is 3.93. The van der Waals surface area contributed by atoms with E-state index in [1.807, 2.05) is 43.3 Å². The zero-order valence-corrected chi connectivity index (χ0v) is 17.0. The molecule has 0 radical (unpaired) electrons. The summed E-state index contributed by atoms with van der Waals surface area (Å²) in [5.41, 5.74) is 3.06. The predicted molar refractivity (Wildman–Crippen MR) is 113 cm³/mol. The van der Waals surface area contributed by atoms with Gasteiger partial charge in [0.15, 0.2) is 6.61 Å². The first-order chi connectivity index (χ1) is 15.0. The molecule has 0 atom stereocenters. The average Bonchev–Trinajstić information content (AvgIpc) is 3.21. The van der Waals surface area contributed by atoms with Gasteiger partial charge in [-0.3, -0.25) is 4.79 Å². The molecule has 0 aliphatic heterocycles. The summed E-state index contributed by atoms with van der Waals surface area (Å²) in [6.07, 6.45) is 1.25. The van der Waals surface area contributed by atoms with E-state index in [0.717, 1.165) is 11.3 Å². The molecule has 0 spiro atoms. The third-order valence-corrected chi connectivity index (χ3v) is 4.62. The van der Waals surface area contributed by atoms with Gasteiger partial charge in [-0.05, 0) is 29.8 Å². The number of carbonyl (C=O) groups excluding carboxylic acids is 1. The minimum absolute atomic E-state index is 0.135. The Labute approximate surface area is 177 Å². The molecule has 0 aliphatic rings. The highest BCUT2D eigenvalue weighted by Gasteiger charge is 2.19. The summed E-state index contributed by atoms with van der Waals surface area (Å²) in [4.78, 5) is 22.4.